The van der Waals surface area contributed by atoms with E-state index in [4.69, 9.17) is 0 Å². The Morgan fingerprint density at radius 1 is 0.649 bits per heavy atom. The zero-order valence-electron chi connectivity index (χ0n) is 25.3. The molecule has 2 aliphatic rings. The van der Waals surface area contributed by atoms with E-state index in [1.165, 1.54) is 59.1 Å². The third-order valence-electron chi connectivity index (χ3n) is 9.17. The van der Waals surface area contributed by atoms with Crippen LogP contribution >= 0.6 is 0 Å². The van der Waals surface area contributed by atoms with Crippen LogP contribution in [0.4, 0.5) is 0 Å². The molecule has 37 heavy (non-hydrogen) atoms. The first-order chi connectivity index (χ1) is 16.8. The van der Waals surface area contributed by atoms with Gasteiger partial charge in [0.05, 0.1) is 0 Å². The van der Waals surface area contributed by atoms with Gasteiger partial charge >= 0.3 is 0 Å². The van der Waals surface area contributed by atoms with Crippen molar-refractivity contribution in [3.8, 4) is 0 Å². The summed E-state index contributed by atoms with van der Waals surface area (Å²) in [6, 6.07) is 9.30. The summed E-state index contributed by atoms with van der Waals surface area (Å²) in [6.07, 6.45) is 15.3. The van der Waals surface area contributed by atoms with Gasteiger partial charge in [-0.25, -0.2) is 0 Å². The van der Waals surface area contributed by atoms with E-state index in [2.05, 4.69) is 116 Å². The molecule has 0 N–H and O–H groups in total. The van der Waals surface area contributed by atoms with Crippen LogP contribution in [0.2, 0.25) is 44.4 Å². The van der Waals surface area contributed by atoms with Crippen LogP contribution in [0, 0.1) is 33.6 Å². The molecule has 0 aromatic heterocycles. The number of unbranched alkanes of at least 4 members (excludes halogenated alkanes) is 1. The molecule has 2 aromatic rings. The Morgan fingerprint density at radius 3 is 1.70 bits per heavy atom. The van der Waals surface area contributed by atoms with E-state index in [1.54, 1.807) is 11.1 Å². The van der Waals surface area contributed by atoms with Crippen LogP contribution in [0.3, 0.4) is 0 Å². The third-order valence-corrected chi connectivity index (χ3v) is 19.0. The van der Waals surface area contributed by atoms with E-state index in [0.29, 0.717) is 11.8 Å². The fourth-order valence-electron chi connectivity index (χ4n) is 8.17. The molecule has 1 radical (unpaired) electrons. The van der Waals surface area contributed by atoms with Crippen LogP contribution in [0.15, 0.2) is 36.4 Å². The van der Waals surface area contributed by atoms with E-state index < -0.39 is 16.1 Å². The maximum Gasteiger partial charge on any atom is 0.0450 e. The van der Waals surface area contributed by atoms with Crippen molar-refractivity contribution in [2.45, 2.75) is 110 Å². The Kier molecular flexibility index (Phi) is 9.78. The van der Waals surface area contributed by atoms with Gasteiger partial charge in [-0.2, -0.15) is 0 Å². The van der Waals surface area contributed by atoms with E-state index in [9.17, 15) is 0 Å². The van der Waals surface area contributed by atoms with Gasteiger partial charge in [-0.15, -0.1) is 0 Å². The number of allylic oxidation sites excluding steroid dienone is 2. The molecule has 0 bridgehead atoms. The van der Waals surface area contributed by atoms with Crippen molar-refractivity contribution in [2.24, 2.45) is 5.92 Å². The summed E-state index contributed by atoms with van der Waals surface area (Å²) in [5.41, 5.74) is 12.1. The SMILES string of the molecule is Cc1ccc(C)c2c1C=CC2CCCCC(C1C=Cc2c(C)ccc(C)c21)C([Si](C)(C)C)[Si](C)(C)C.[Sc]. The number of aryl methyl sites for hydroxylation is 4. The van der Waals surface area contributed by atoms with Crippen LogP contribution in [-0.2, 0) is 25.8 Å². The Bertz CT molecular complexity index is 1160. The molecule has 0 amide bonds. The predicted octanol–water partition coefficient (Wildman–Crippen LogP) is 10.6. The molecule has 2 aromatic carbocycles. The van der Waals surface area contributed by atoms with Crippen molar-refractivity contribution < 1.29 is 25.8 Å². The van der Waals surface area contributed by atoms with Crippen LogP contribution in [0.1, 0.15) is 82.0 Å². The van der Waals surface area contributed by atoms with Crippen molar-refractivity contribution >= 4 is 28.3 Å². The number of benzene rings is 2. The molecule has 0 saturated heterocycles. The first-order valence-electron chi connectivity index (χ1n) is 14.4. The molecule has 0 fully saturated rings. The minimum atomic E-state index is -1.34. The van der Waals surface area contributed by atoms with E-state index >= 15 is 0 Å². The van der Waals surface area contributed by atoms with Crippen molar-refractivity contribution in [1.82, 2.24) is 0 Å². The third kappa shape index (κ3) is 6.35. The van der Waals surface area contributed by atoms with Gasteiger partial charge in [-0.3, -0.25) is 0 Å². The maximum atomic E-state index is 2.65. The standard InChI is InChI=1S/C34H50Si2.Sc/c1-23-15-17-25(3)32-27(19-20-28(23)32)13-11-12-14-31(34(35(5,6)7)36(8,9)10)30-22-21-29-24(2)16-18-26(4)33(29)30;/h15-22,27,30-31,34H,11-14H2,1-10H3;. The summed E-state index contributed by atoms with van der Waals surface area (Å²) in [5.74, 6) is 1.98. The Morgan fingerprint density at radius 2 is 1.14 bits per heavy atom. The molecule has 197 valence electrons. The van der Waals surface area contributed by atoms with E-state index in [0.717, 1.165) is 11.1 Å². The molecule has 0 aliphatic heterocycles. The van der Waals surface area contributed by atoms with E-state index in [-0.39, 0.29) is 25.8 Å². The summed E-state index contributed by atoms with van der Waals surface area (Å²) in [4.78, 5) is 0. The fraction of sp³-hybridized carbons (Fsp3) is 0.529. The largest absolute Gasteiger partial charge is 0.0764 e. The summed E-state index contributed by atoms with van der Waals surface area (Å²) in [6.45, 7) is 25.1. The van der Waals surface area contributed by atoms with Gasteiger partial charge < -0.3 is 0 Å². The van der Waals surface area contributed by atoms with Crippen molar-refractivity contribution in [3.05, 3.63) is 80.9 Å². The number of rotatable bonds is 9. The van der Waals surface area contributed by atoms with Gasteiger partial charge in [0.2, 0.25) is 0 Å². The fourth-order valence-corrected chi connectivity index (χ4v) is 21.9. The second-order valence-corrected chi connectivity index (χ2v) is 25.3. The van der Waals surface area contributed by atoms with Gasteiger partial charge in [0.1, 0.15) is 0 Å². The van der Waals surface area contributed by atoms with Gasteiger partial charge in [-0.1, -0.05) is 101 Å². The smallest absolute Gasteiger partial charge is 0.0450 e. The van der Waals surface area contributed by atoms with Gasteiger partial charge in [0, 0.05) is 53.8 Å². The Hall–Kier alpha value is -0.776. The van der Waals surface area contributed by atoms with Crippen molar-refractivity contribution in [2.75, 3.05) is 0 Å². The second kappa shape index (κ2) is 11.8. The normalized spacial score (nSPS) is 19.2. The predicted molar refractivity (Wildman–Crippen MR) is 168 cm³/mol. The van der Waals surface area contributed by atoms with Gasteiger partial charge in [0.15, 0.2) is 0 Å². The van der Waals surface area contributed by atoms with Crippen LogP contribution in [-0.4, -0.2) is 16.1 Å². The van der Waals surface area contributed by atoms with Crippen molar-refractivity contribution in [3.63, 3.8) is 0 Å². The molecule has 3 unspecified atom stereocenters. The number of hydrogen-bond donors (Lipinski definition) is 0. The molecule has 3 atom stereocenters. The molecular formula is C34H50ScSi2. The average Bonchev–Trinajstić information content (AvgIpc) is 3.40. The first kappa shape index (κ1) is 30.8. The number of fused-ring (bicyclic) bond motifs is 2. The molecule has 3 heteroatoms. The van der Waals surface area contributed by atoms with Crippen LogP contribution in [0.25, 0.3) is 12.2 Å². The summed E-state index contributed by atoms with van der Waals surface area (Å²) in [7, 11) is -2.67. The summed E-state index contributed by atoms with van der Waals surface area (Å²) < 4.78 is 0. The van der Waals surface area contributed by atoms with Gasteiger partial charge in [-0.05, 0) is 96.1 Å². The second-order valence-electron chi connectivity index (χ2n) is 14.1. The molecule has 2 aliphatic carbocycles. The van der Waals surface area contributed by atoms with Gasteiger partial charge in [0.25, 0.3) is 0 Å². The Balaban J connectivity index is 0.00000380. The van der Waals surface area contributed by atoms with E-state index in [1.807, 2.05) is 0 Å². The Labute approximate surface area is 249 Å². The molecule has 0 nitrogen and oxygen atoms in total. The molecule has 0 saturated carbocycles. The maximum absolute atomic E-state index is 2.65. The minimum Gasteiger partial charge on any atom is -0.0764 e. The zero-order chi connectivity index (χ0) is 26.4. The minimum absolute atomic E-state index is 0. The van der Waals surface area contributed by atoms with Crippen molar-refractivity contribution in [1.29, 1.82) is 0 Å². The quantitative estimate of drug-likeness (QED) is 0.212. The molecule has 4 rings (SSSR count). The molecule has 0 heterocycles. The number of hydrogen-bond acceptors (Lipinski definition) is 0. The molecular weight excluding hydrogens is 510 g/mol. The molecule has 0 spiro atoms. The zero-order valence-corrected chi connectivity index (χ0v) is 29.1. The van der Waals surface area contributed by atoms with Crippen LogP contribution < -0.4 is 0 Å². The average molecular weight is 560 g/mol. The summed E-state index contributed by atoms with van der Waals surface area (Å²) >= 11 is 0. The topological polar surface area (TPSA) is 0 Å². The first-order valence-corrected chi connectivity index (χ1v) is 21.5. The van der Waals surface area contributed by atoms with Crippen LogP contribution in [0.5, 0.6) is 0 Å². The monoisotopic (exact) mass is 559 g/mol. The summed E-state index contributed by atoms with van der Waals surface area (Å²) in [5, 5.41) is 0.919.